The Morgan fingerprint density at radius 3 is 2.41 bits per heavy atom. The fraction of sp³-hybridized carbons (Fsp3) is 0.529. The van der Waals surface area contributed by atoms with Crippen molar-refractivity contribution in [2.24, 2.45) is 0 Å². The monoisotopic (exact) mass is 319 g/mol. The third-order valence-electron chi connectivity index (χ3n) is 3.16. The lowest BCUT2D eigenvalue weighted by Gasteiger charge is -2.12. The van der Waals surface area contributed by atoms with Crippen LogP contribution in [0, 0.1) is 13.8 Å². The Balaban J connectivity index is 1.72. The minimum atomic E-state index is 0.0119. The topological polar surface area (TPSA) is 50.8 Å². The van der Waals surface area contributed by atoms with Crippen LogP contribution in [0.15, 0.2) is 23.4 Å². The largest absolute Gasteiger partial charge is 0.494 e. The Hall–Kier alpha value is -1.49. The second-order valence-corrected chi connectivity index (χ2v) is 7.65. The molecule has 22 heavy (non-hydrogen) atoms. The number of H-pyrrole nitrogens is 1. The smallest absolute Gasteiger partial charge is 0.208 e. The fourth-order valence-corrected chi connectivity index (χ4v) is 2.79. The van der Waals surface area contributed by atoms with Crippen LogP contribution in [-0.4, -0.2) is 27.5 Å². The molecule has 0 aliphatic heterocycles. The molecule has 0 unspecified atom stereocenters. The van der Waals surface area contributed by atoms with E-state index >= 15 is 0 Å². The maximum Gasteiger partial charge on any atom is 0.208 e. The van der Waals surface area contributed by atoms with Crippen LogP contribution in [0.4, 0.5) is 0 Å². The van der Waals surface area contributed by atoms with E-state index in [9.17, 15) is 0 Å². The van der Waals surface area contributed by atoms with E-state index in [0.29, 0.717) is 6.61 Å². The lowest BCUT2D eigenvalue weighted by atomic mass is 9.96. The molecule has 1 N–H and O–H groups in total. The second kappa shape index (κ2) is 7.18. The summed E-state index contributed by atoms with van der Waals surface area (Å²) in [6, 6.07) is 6.30. The number of hydrogen-bond donors (Lipinski definition) is 1. The number of thioether (sulfide) groups is 1. The summed E-state index contributed by atoms with van der Waals surface area (Å²) < 4.78 is 5.80. The number of aryl methyl sites for hydroxylation is 2. The lowest BCUT2D eigenvalue weighted by molar-refractivity contribution is 0.318. The highest BCUT2D eigenvalue weighted by Crippen LogP contribution is 2.21. The van der Waals surface area contributed by atoms with Gasteiger partial charge in [0, 0.05) is 11.2 Å². The second-order valence-electron chi connectivity index (χ2n) is 6.59. The molecule has 0 atom stereocenters. The molecule has 0 fully saturated rings. The molecule has 0 aliphatic rings. The van der Waals surface area contributed by atoms with Crippen molar-refractivity contribution in [2.45, 2.75) is 51.6 Å². The number of rotatable bonds is 6. The summed E-state index contributed by atoms with van der Waals surface area (Å²) in [7, 11) is 0. The highest BCUT2D eigenvalue weighted by molar-refractivity contribution is 7.99. The van der Waals surface area contributed by atoms with Gasteiger partial charge in [-0.25, -0.2) is 4.98 Å². The van der Waals surface area contributed by atoms with Crippen molar-refractivity contribution in [3.05, 3.63) is 35.2 Å². The molecule has 5 heteroatoms. The van der Waals surface area contributed by atoms with Crippen LogP contribution >= 0.6 is 11.8 Å². The Kier molecular flexibility index (Phi) is 5.51. The SMILES string of the molecule is Cc1cc(C)cc(OCCCSc2n[nH]c(C(C)(C)C)n2)c1. The summed E-state index contributed by atoms with van der Waals surface area (Å²) in [5, 5.41) is 8.08. The lowest BCUT2D eigenvalue weighted by Crippen LogP contribution is -2.13. The zero-order valence-corrected chi connectivity index (χ0v) is 14.9. The number of benzene rings is 1. The summed E-state index contributed by atoms with van der Waals surface area (Å²) in [6.45, 7) is 11.3. The molecule has 0 amide bonds. The van der Waals surface area contributed by atoms with E-state index in [0.717, 1.165) is 28.9 Å². The molecule has 1 heterocycles. The van der Waals surface area contributed by atoms with Gasteiger partial charge in [0.15, 0.2) is 0 Å². The molecule has 0 aliphatic carbocycles. The first kappa shape index (κ1) is 16.9. The zero-order valence-electron chi connectivity index (χ0n) is 14.1. The van der Waals surface area contributed by atoms with Gasteiger partial charge >= 0.3 is 0 Å². The van der Waals surface area contributed by atoms with Crippen molar-refractivity contribution in [2.75, 3.05) is 12.4 Å². The minimum absolute atomic E-state index is 0.0119. The van der Waals surface area contributed by atoms with Crippen LogP contribution < -0.4 is 4.74 Å². The summed E-state index contributed by atoms with van der Waals surface area (Å²) in [4.78, 5) is 4.52. The van der Waals surface area contributed by atoms with Gasteiger partial charge in [0.1, 0.15) is 11.6 Å². The van der Waals surface area contributed by atoms with E-state index in [4.69, 9.17) is 4.74 Å². The molecule has 0 bridgehead atoms. The van der Waals surface area contributed by atoms with E-state index in [1.54, 1.807) is 11.8 Å². The molecule has 2 rings (SSSR count). The predicted molar refractivity (Wildman–Crippen MR) is 91.8 cm³/mol. The molecular formula is C17H25N3OS. The Morgan fingerprint density at radius 1 is 1.14 bits per heavy atom. The van der Waals surface area contributed by atoms with Gasteiger partial charge in [-0.3, -0.25) is 5.10 Å². The van der Waals surface area contributed by atoms with E-state index < -0.39 is 0 Å². The molecule has 0 spiro atoms. The normalized spacial score (nSPS) is 11.7. The van der Waals surface area contributed by atoms with E-state index in [-0.39, 0.29) is 5.41 Å². The quantitative estimate of drug-likeness (QED) is 0.638. The Morgan fingerprint density at radius 2 is 1.82 bits per heavy atom. The number of aromatic nitrogens is 3. The first-order valence-corrected chi connectivity index (χ1v) is 8.60. The third-order valence-corrected chi connectivity index (χ3v) is 4.09. The molecule has 1 aromatic carbocycles. The zero-order chi connectivity index (χ0) is 16.2. The molecule has 0 radical (unpaired) electrons. The Bertz CT molecular complexity index is 596. The third kappa shape index (κ3) is 5.05. The highest BCUT2D eigenvalue weighted by Gasteiger charge is 2.18. The molecule has 2 aromatic rings. The first-order valence-electron chi connectivity index (χ1n) is 7.61. The van der Waals surface area contributed by atoms with Crippen molar-refractivity contribution in [1.82, 2.24) is 15.2 Å². The molecular weight excluding hydrogens is 294 g/mol. The van der Waals surface area contributed by atoms with Crippen molar-refractivity contribution in [1.29, 1.82) is 0 Å². The summed E-state index contributed by atoms with van der Waals surface area (Å²) in [5.74, 6) is 2.84. The summed E-state index contributed by atoms with van der Waals surface area (Å²) in [5.41, 5.74) is 2.48. The standard InChI is InChI=1S/C17H25N3OS/c1-12-9-13(2)11-14(10-12)21-7-6-8-22-16-18-15(19-20-16)17(3,4)5/h9-11H,6-8H2,1-5H3,(H,18,19,20). The fourth-order valence-electron chi connectivity index (χ4n) is 2.08. The van der Waals surface area contributed by atoms with Crippen molar-refractivity contribution < 1.29 is 4.74 Å². The molecule has 0 saturated heterocycles. The van der Waals surface area contributed by atoms with Crippen LogP contribution in [0.1, 0.15) is 44.1 Å². The van der Waals surface area contributed by atoms with Gasteiger partial charge in [-0.15, -0.1) is 5.10 Å². The van der Waals surface area contributed by atoms with Crippen molar-refractivity contribution in [3.8, 4) is 5.75 Å². The van der Waals surface area contributed by atoms with Gasteiger partial charge < -0.3 is 4.74 Å². The minimum Gasteiger partial charge on any atom is -0.494 e. The predicted octanol–water partition coefficient (Wildman–Crippen LogP) is 4.28. The highest BCUT2D eigenvalue weighted by atomic mass is 32.2. The number of nitrogens with one attached hydrogen (secondary N) is 1. The Labute approximate surface area is 137 Å². The molecule has 0 saturated carbocycles. The van der Waals surface area contributed by atoms with Crippen LogP contribution in [0.5, 0.6) is 5.75 Å². The summed E-state index contributed by atoms with van der Waals surface area (Å²) >= 11 is 1.67. The number of aromatic amines is 1. The van der Waals surface area contributed by atoms with Crippen LogP contribution in [0.3, 0.4) is 0 Å². The number of ether oxygens (including phenoxy) is 1. The average Bonchev–Trinajstić information content (AvgIpc) is 2.86. The first-order chi connectivity index (χ1) is 10.3. The molecule has 120 valence electrons. The molecule has 4 nitrogen and oxygen atoms in total. The van der Waals surface area contributed by atoms with Crippen LogP contribution in [-0.2, 0) is 5.41 Å². The number of hydrogen-bond acceptors (Lipinski definition) is 4. The van der Waals surface area contributed by atoms with E-state index in [1.807, 2.05) is 0 Å². The number of nitrogens with zero attached hydrogens (tertiary/aromatic N) is 2. The maximum absolute atomic E-state index is 5.80. The van der Waals surface area contributed by atoms with Gasteiger partial charge in [0.25, 0.3) is 0 Å². The average molecular weight is 319 g/mol. The van der Waals surface area contributed by atoms with Gasteiger partial charge in [-0.05, 0) is 43.5 Å². The molecule has 1 aromatic heterocycles. The van der Waals surface area contributed by atoms with E-state index in [2.05, 4.69) is 68.0 Å². The van der Waals surface area contributed by atoms with Crippen molar-refractivity contribution >= 4 is 11.8 Å². The van der Waals surface area contributed by atoms with Crippen molar-refractivity contribution in [3.63, 3.8) is 0 Å². The summed E-state index contributed by atoms with van der Waals surface area (Å²) in [6.07, 6.45) is 0.969. The van der Waals surface area contributed by atoms with Crippen LogP contribution in [0.2, 0.25) is 0 Å². The van der Waals surface area contributed by atoms with Crippen LogP contribution in [0.25, 0.3) is 0 Å². The van der Waals surface area contributed by atoms with Gasteiger partial charge in [-0.2, -0.15) is 0 Å². The van der Waals surface area contributed by atoms with Gasteiger partial charge in [-0.1, -0.05) is 38.6 Å². The van der Waals surface area contributed by atoms with Gasteiger partial charge in [0.05, 0.1) is 6.61 Å². The van der Waals surface area contributed by atoms with Gasteiger partial charge in [0.2, 0.25) is 5.16 Å². The van der Waals surface area contributed by atoms with E-state index in [1.165, 1.54) is 11.1 Å². The maximum atomic E-state index is 5.80.